The maximum Gasteiger partial charge on any atom is 0.191 e. The van der Waals surface area contributed by atoms with Crippen molar-refractivity contribution in [3.05, 3.63) is 18.0 Å². The molecule has 0 bridgehead atoms. The van der Waals surface area contributed by atoms with Crippen molar-refractivity contribution in [2.75, 3.05) is 26.7 Å². The van der Waals surface area contributed by atoms with E-state index in [4.69, 9.17) is 0 Å². The number of aryl methyl sites for hydroxylation is 1. The molecule has 1 saturated heterocycles. The maximum absolute atomic E-state index is 4.35. The quantitative estimate of drug-likeness (QED) is 0.626. The van der Waals surface area contributed by atoms with Crippen LogP contribution in [0.5, 0.6) is 0 Å². The molecular formula is C16H30N6. The van der Waals surface area contributed by atoms with E-state index in [1.54, 1.807) is 0 Å². The molecule has 0 amide bonds. The van der Waals surface area contributed by atoms with Crippen molar-refractivity contribution in [2.24, 2.45) is 18.0 Å². The van der Waals surface area contributed by atoms with Gasteiger partial charge in [-0.15, -0.1) is 0 Å². The summed E-state index contributed by atoms with van der Waals surface area (Å²) in [5, 5.41) is 11.2. The van der Waals surface area contributed by atoms with Gasteiger partial charge in [-0.1, -0.05) is 6.92 Å². The van der Waals surface area contributed by atoms with Crippen LogP contribution in [0.25, 0.3) is 0 Å². The molecule has 0 spiro atoms. The Bertz CT molecular complexity index is 493. The van der Waals surface area contributed by atoms with E-state index in [0.717, 1.165) is 32.0 Å². The lowest BCUT2D eigenvalue weighted by Crippen LogP contribution is -2.47. The molecule has 1 aliphatic heterocycles. The number of aliphatic imine (C=N–C) groups is 1. The molecule has 6 heteroatoms. The van der Waals surface area contributed by atoms with Crippen LogP contribution in [0.15, 0.2) is 17.4 Å². The van der Waals surface area contributed by atoms with E-state index in [2.05, 4.69) is 52.6 Å². The standard InChI is InChI=1S/C16H30N6/c1-12(2)22-9-13(3)15(11-22)20-16(17-4)18-7-6-14-8-19-21(5)10-14/h8,10,12-13,15H,6-7,9,11H2,1-5H3,(H2,17,18,20). The van der Waals surface area contributed by atoms with Crippen molar-refractivity contribution in [2.45, 2.75) is 39.3 Å². The molecule has 1 aromatic rings. The van der Waals surface area contributed by atoms with Gasteiger partial charge in [0.25, 0.3) is 0 Å². The highest BCUT2D eigenvalue weighted by atomic mass is 15.3. The zero-order valence-corrected chi connectivity index (χ0v) is 14.5. The van der Waals surface area contributed by atoms with Crippen LogP contribution in [0.2, 0.25) is 0 Å². The van der Waals surface area contributed by atoms with Gasteiger partial charge in [-0.25, -0.2) is 0 Å². The van der Waals surface area contributed by atoms with Gasteiger partial charge < -0.3 is 10.6 Å². The third-order valence-corrected chi connectivity index (χ3v) is 4.38. The van der Waals surface area contributed by atoms with Crippen molar-refractivity contribution < 1.29 is 0 Å². The van der Waals surface area contributed by atoms with Crippen molar-refractivity contribution in [3.8, 4) is 0 Å². The average molecular weight is 306 g/mol. The van der Waals surface area contributed by atoms with Crippen LogP contribution in [0.1, 0.15) is 26.3 Å². The molecule has 2 rings (SSSR count). The molecule has 22 heavy (non-hydrogen) atoms. The largest absolute Gasteiger partial charge is 0.356 e. The van der Waals surface area contributed by atoms with E-state index >= 15 is 0 Å². The van der Waals surface area contributed by atoms with E-state index < -0.39 is 0 Å². The third-order valence-electron chi connectivity index (χ3n) is 4.38. The molecule has 2 unspecified atom stereocenters. The first-order valence-electron chi connectivity index (χ1n) is 8.18. The fourth-order valence-electron chi connectivity index (χ4n) is 2.91. The van der Waals surface area contributed by atoms with E-state index in [9.17, 15) is 0 Å². The zero-order valence-electron chi connectivity index (χ0n) is 14.5. The molecule has 2 heterocycles. The van der Waals surface area contributed by atoms with Gasteiger partial charge in [0.05, 0.1) is 6.20 Å². The Morgan fingerprint density at radius 1 is 1.45 bits per heavy atom. The summed E-state index contributed by atoms with van der Waals surface area (Å²) in [5.74, 6) is 1.53. The molecule has 0 aromatic carbocycles. The lowest BCUT2D eigenvalue weighted by Gasteiger charge is -2.21. The van der Waals surface area contributed by atoms with Gasteiger partial charge in [-0.05, 0) is 31.7 Å². The normalized spacial score (nSPS) is 23.3. The first kappa shape index (κ1) is 16.8. The van der Waals surface area contributed by atoms with E-state index in [1.807, 2.05) is 25.0 Å². The molecule has 1 aromatic heterocycles. The van der Waals surface area contributed by atoms with Crippen LogP contribution in [0.4, 0.5) is 0 Å². The predicted octanol–water partition coefficient (Wildman–Crippen LogP) is 0.856. The zero-order chi connectivity index (χ0) is 16.1. The first-order valence-corrected chi connectivity index (χ1v) is 8.18. The van der Waals surface area contributed by atoms with E-state index in [0.29, 0.717) is 18.0 Å². The van der Waals surface area contributed by atoms with Gasteiger partial charge in [0.2, 0.25) is 0 Å². The second-order valence-corrected chi connectivity index (χ2v) is 6.55. The molecule has 124 valence electrons. The number of nitrogens with one attached hydrogen (secondary N) is 2. The SMILES string of the molecule is CN=C(NCCc1cnn(C)c1)NC1CN(C(C)C)CC1C. The van der Waals surface area contributed by atoms with E-state index in [-0.39, 0.29) is 0 Å². The average Bonchev–Trinajstić information content (AvgIpc) is 3.04. The molecule has 2 atom stereocenters. The highest BCUT2D eigenvalue weighted by Gasteiger charge is 2.31. The fourth-order valence-corrected chi connectivity index (χ4v) is 2.91. The minimum Gasteiger partial charge on any atom is -0.356 e. The van der Waals surface area contributed by atoms with Gasteiger partial charge in [-0.2, -0.15) is 5.10 Å². The smallest absolute Gasteiger partial charge is 0.191 e. The lowest BCUT2D eigenvalue weighted by molar-refractivity contribution is 0.265. The summed E-state index contributed by atoms with van der Waals surface area (Å²) in [4.78, 5) is 6.87. The topological polar surface area (TPSA) is 57.5 Å². The first-order chi connectivity index (χ1) is 10.5. The molecule has 1 aliphatic rings. The summed E-state index contributed by atoms with van der Waals surface area (Å²) < 4.78 is 1.84. The molecule has 0 saturated carbocycles. The predicted molar refractivity (Wildman–Crippen MR) is 91.1 cm³/mol. The van der Waals surface area contributed by atoms with Crippen LogP contribution in [0.3, 0.4) is 0 Å². The molecule has 6 nitrogen and oxygen atoms in total. The Balaban J connectivity index is 1.77. The Hall–Kier alpha value is -1.56. The fraction of sp³-hybridized carbons (Fsp3) is 0.750. The van der Waals surface area contributed by atoms with Gasteiger partial charge in [0.15, 0.2) is 5.96 Å². The van der Waals surface area contributed by atoms with Gasteiger partial charge in [-0.3, -0.25) is 14.6 Å². The number of rotatable bonds is 5. The Kier molecular flexibility index (Phi) is 5.83. The van der Waals surface area contributed by atoms with Crippen molar-refractivity contribution in [1.82, 2.24) is 25.3 Å². The number of hydrogen-bond donors (Lipinski definition) is 2. The minimum atomic E-state index is 0.465. The Morgan fingerprint density at radius 3 is 2.77 bits per heavy atom. The number of aromatic nitrogens is 2. The highest BCUT2D eigenvalue weighted by Crippen LogP contribution is 2.18. The summed E-state index contributed by atoms with van der Waals surface area (Å²) in [6.07, 6.45) is 4.92. The number of guanidine groups is 1. The second kappa shape index (κ2) is 7.63. The molecular weight excluding hydrogens is 276 g/mol. The van der Waals surface area contributed by atoms with Crippen molar-refractivity contribution >= 4 is 5.96 Å². The summed E-state index contributed by atoms with van der Waals surface area (Å²) in [7, 11) is 3.78. The van der Waals surface area contributed by atoms with Crippen LogP contribution < -0.4 is 10.6 Å². The van der Waals surface area contributed by atoms with Crippen LogP contribution >= 0.6 is 0 Å². The maximum atomic E-state index is 4.35. The van der Waals surface area contributed by atoms with Gasteiger partial charge >= 0.3 is 0 Å². The lowest BCUT2D eigenvalue weighted by atomic mass is 10.1. The molecule has 2 N–H and O–H groups in total. The van der Waals surface area contributed by atoms with Crippen LogP contribution in [-0.4, -0.2) is 59.4 Å². The number of nitrogens with zero attached hydrogens (tertiary/aromatic N) is 4. The summed E-state index contributed by atoms with van der Waals surface area (Å²) >= 11 is 0. The Labute approximate surface area is 134 Å². The van der Waals surface area contributed by atoms with Crippen LogP contribution in [0, 0.1) is 5.92 Å². The molecule has 1 fully saturated rings. The molecule has 0 aliphatic carbocycles. The van der Waals surface area contributed by atoms with Crippen molar-refractivity contribution in [3.63, 3.8) is 0 Å². The second-order valence-electron chi connectivity index (χ2n) is 6.55. The summed E-state index contributed by atoms with van der Waals surface area (Å²) in [6.45, 7) is 9.93. The summed E-state index contributed by atoms with van der Waals surface area (Å²) in [6, 6.07) is 1.07. The van der Waals surface area contributed by atoms with E-state index in [1.165, 1.54) is 5.56 Å². The van der Waals surface area contributed by atoms with Crippen LogP contribution in [-0.2, 0) is 13.5 Å². The minimum absolute atomic E-state index is 0.465. The number of hydrogen-bond acceptors (Lipinski definition) is 3. The highest BCUT2D eigenvalue weighted by molar-refractivity contribution is 5.80. The molecule has 0 radical (unpaired) electrons. The number of likely N-dealkylation sites (tertiary alicyclic amines) is 1. The van der Waals surface area contributed by atoms with Gasteiger partial charge in [0, 0.05) is 52.0 Å². The Morgan fingerprint density at radius 2 is 2.23 bits per heavy atom. The van der Waals surface area contributed by atoms with Gasteiger partial charge in [0.1, 0.15) is 0 Å². The van der Waals surface area contributed by atoms with Crippen molar-refractivity contribution in [1.29, 1.82) is 0 Å². The third kappa shape index (κ3) is 4.47. The monoisotopic (exact) mass is 306 g/mol. The summed E-state index contributed by atoms with van der Waals surface area (Å²) in [5.41, 5.74) is 1.24.